The molecule has 0 radical (unpaired) electrons. The van der Waals surface area contributed by atoms with Crippen LogP contribution < -0.4 is 0 Å². The molecule has 0 saturated carbocycles. The molecule has 0 bridgehead atoms. The number of carbonyl (C=O) groups excluding carboxylic acids is 1. The van der Waals surface area contributed by atoms with Gasteiger partial charge in [0.05, 0.1) is 0 Å². The Morgan fingerprint density at radius 2 is 1.64 bits per heavy atom. The van der Waals surface area contributed by atoms with Crippen LogP contribution >= 0.6 is 0 Å². The van der Waals surface area contributed by atoms with Gasteiger partial charge in [-0.15, -0.1) is 0 Å². The van der Waals surface area contributed by atoms with Crippen LogP contribution in [0.15, 0.2) is 24.3 Å². The Bertz CT molecular complexity index is 134. The number of carbonyl (C=O) groups is 1. The van der Waals surface area contributed by atoms with Crippen LogP contribution in [0.1, 0.15) is 32.6 Å². The molecule has 0 N–H and O–H groups in total. The van der Waals surface area contributed by atoms with E-state index < -0.39 is 0 Å². The highest BCUT2D eigenvalue weighted by molar-refractivity contribution is 5.51. The van der Waals surface area contributed by atoms with Crippen LogP contribution in [0.2, 0.25) is 0 Å². The first-order valence-corrected chi connectivity index (χ1v) is 4.15. The molecule has 62 valence electrons. The van der Waals surface area contributed by atoms with Crippen LogP contribution in [0.5, 0.6) is 0 Å². The Hall–Kier alpha value is -0.850. The van der Waals surface area contributed by atoms with Crippen LogP contribution in [-0.2, 0) is 4.79 Å². The highest BCUT2D eigenvalue weighted by Crippen LogP contribution is 1.92. The van der Waals surface area contributed by atoms with Crippen LogP contribution in [0.3, 0.4) is 0 Å². The van der Waals surface area contributed by atoms with E-state index in [0.717, 1.165) is 19.1 Å². The highest BCUT2D eigenvalue weighted by Gasteiger charge is 1.73. The van der Waals surface area contributed by atoms with Crippen molar-refractivity contribution in [2.75, 3.05) is 0 Å². The van der Waals surface area contributed by atoms with Crippen LogP contribution in [0, 0.1) is 0 Å². The van der Waals surface area contributed by atoms with Gasteiger partial charge in [-0.3, -0.25) is 0 Å². The Morgan fingerprint density at radius 1 is 1.00 bits per heavy atom. The van der Waals surface area contributed by atoms with Gasteiger partial charge < -0.3 is 4.79 Å². The highest BCUT2D eigenvalue weighted by atomic mass is 16.1. The first-order valence-electron chi connectivity index (χ1n) is 4.15. The van der Waals surface area contributed by atoms with Crippen molar-refractivity contribution in [1.82, 2.24) is 0 Å². The molecule has 0 atom stereocenters. The summed E-state index contributed by atoms with van der Waals surface area (Å²) in [4.78, 5) is 9.87. The number of hydrogen-bond donors (Lipinski definition) is 0. The summed E-state index contributed by atoms with van der Waals surface area (Å²) < 4.78 is 0. The lowest BCUT2D eigenvalue weighted by Crippen LogP contribution is -1.66. The van der Waals surface area contributed by atoms with Crippen molar-refractivity contribution in [2.24, 2.45) is 0 Å². The van der Waals surface area contributed by atoms with E-state index in [-0.39, 0.29) is 0 Å². The molecule has 0 unspecified atom stereocenters. The summed E-state index contributed by atoms with van der Waals surface area (Å²) in [6.45, 7) is 2.16. The lowest BCUT2D eigenvalue weighted by atomic mass is 10.2. The topological polar surface area (TPSA) is 17.1 Å². The third kappa shape index (κ3) is 9.15. The van der Waals surface area contributed by atoms with Crippen molar-refractivity contribution in [2.45, 2.75) is 32.6 Å². The van der Waals surface area contributed by atoms with E-state index in [9.17, 15) is 4.79 Å². The van der Waals surface area contributed by atoms with Crippen molar-refractivity contribution < 1.29 is 4.79 Å². The quantitative estimate of drug-likeness (QED) is 0.422. The molecule has 0 aliphatic rings. The van der Waals surface area contributed by atoms with Gasteiger partial charge in [-0.05, 0) is 12.8 Å². The summed E-state index contributed by atoms with van der Waals surface area (Å²) in [6.07, 6.45) is 13.0. The Labute approximate surface area is 68.8 Å². The fraction of sp³-hybridized carbons (Fsp3) is 0.500. The molecule has 0 aromatic rings. The molecule has 0 aliphatic heterocycles. The summed E-state index contributed by atoms with van der Waals surface area (Å²) in [5.41, 5.74) is 0. The average Bonchev–Trinajstić information content (AvgIpc) is 2.03. The minimum Gasteiger partial charge on any atom is -0.303 e. The first-order chi connectivity index (χ1) is 5.41. The predicted octanol–water partition coefficient (Wildman–Crippen LogP) is 2.88. The number of aldehydes is 1. The number of allylic oxidation sites excluding steroid dienone is 4. The lowest BCUT2D eigenvalue weighted by Gasteiger charge is -1.82. The maximum atomic E-state index is 9.87. The van der Waals surface area contributed by atoms with Crippen LogP contribution in [-0.4, -0.2) is 6.29 Å². The zero-order chi connectivity index (χ0) is 8.36. The minimum atomic E-state index is 0.543. The monoisotopic (exact) mass is 152 g/mol. The molecule has 1 nitrogen and oxygen atoms in total. The number of rotatable bonds is 6. The zero-order valence-corrected chi connectivity index (χ0v) is 7.12. The largest absolute Gasteiger partial charge is 0.303 e. The summed E-state index contributed by atoms with van der Waals surface area (Å²) in [5, 5.41) is 0. The number of unbranched alkanes of at least 4 members (excludes halogenated alkanes) is 1. The zero-order valence-electron chi connectivity index (χ0n) is 7.12. The second kappa shape index (κ2) is 9.15. The summed E-state index contributed by atoms with van der Waals surface area (Å²) in [5.74, 6) is 0. The van der Waals surface area contributed by atoms with E-state index in [0.29, 0.717) is 6.42 Å². The molecular weight excluding hydrogens is 136 g/mol. The van der Waals surface area contributed by atoms with Gasteiger partial charge in [-0.2, -0.15) is 0 Å². The van der Waals surface area contributed by atoms with E-state index in [4.69, 9.17) is 0 Å². The van der Waals surface area contributed by atoms with Gasteiger partial charge in [0.1, 0.15) is 6.29 Å². The van der Waals surface area contributed by atoms with Crippen molar-refractivity contribution in [3.05, 3.63) is 24.3 Å². The molecule has 0 saturated heterocycles. The predicted molar refractivity (Wildman–Crippen MR) is 48.5 cm³/mol. The molecule has 0 spiro atoms. The van der Waals surface area contributed by atoms with Crippen molar-refractivity contribution in [3.8, 4) is 0 Å². The SMILES string of the molecule is CCC/C=C/C/C=C/CC=O. The van der Waals surface area contributed by atoms with Gasteiger partial charge in [-0.1, -0.05) is 37.6 Å². The second-order valence-electron chi connectivity index (χ2n) is 2.37. The Kier molecular flexibility index (Phi) is 8.44. The van der Waals surface area contributed by atoms with E-state index in [1.165, 1.54) is 6.42 Å². The van der Waals surface area contributed by atoms with Crippen LogP contribution in [0.25, 0.3) is 0 Å². The van der Waals surface area contributed by atoms with Gasteiger partial charge in [0.2, 0.25) is 0 Å². The fourth-order valence-corrected chi connectivity index (χ4v) is 0.707. The maximum absolute atomic E-state index is 9.87. The first kappa shape index (κ1) is 10.2. The summed E-state index contributed by atoms with van der Waals surface area (Å²) in [7, 11) is 0. The smallest absolute Gasteiger partial charge is 0.123 e. The van der Waals surface area contributed by atoms with Gasteiger partial charge in [0, 0.05) is 6.42 Å². The van der Waals surface area contributed by atoms with Gasteiger partial charge in [0.15, 0.2) is 0 Å². The molecule has 0 aromatic heterocycles. The van der Waals surface area contributed by atoms with Gasteiger partial charge in [0.25, 0.3) is 0 Å². The maximum Gasteiger partial charge on any atom is 0.123 e. The lowest BCUT2D eigenvalue weighted by molar-refractivity contribution is -0.107. The molecule has 0 amide bonds. The van der Waals surface area contributed by atoms with Crippen LogP contribution in [0.4, 0.5) is 0 Å². The minimum absolute atomic E-state index is 0.543. The summed E-state index contributed by atoms with van der Waals surface area (Å²) in [6, 6.07) is 0. The Balaban J connectivity index is 3.17. The molecular formula is C10H16O. The fourth-order valence-electron chi connectivity index (χ4n) is 0.707. The van der Waals surface area contributed by atoms with Crippen molar-refractivity contribution >= 4 is 6.29 Å². The van der Waals surface area contributed by atoms with Crippen molar-refractivity contribution in [3.63, 3.8) is 0 Å². The molecule has 0 fully saturated rings. The molecule has 0 heterocycles. The van der Waals surface area contributed by atoms with E-state index in [1.54, 1.807) is 0 Å². The summed E-state index contributed by atoms with van der Waals surface area (Å²) >= 11 is 0. The number of hydrogen-bond acceptors (Lipinski definition) is 1. The molecule has 1 heteroatoms. The average molecular weight is 152 g/mol. The molecule has 0 aliphatic carbocycles. The normalized spacial score (nSPS) is 11.4. The molecule has 0 rings (SSSR count). The molecule has 11 heavy (non-hydrogen) atoms. The van der Waals surface area contributed by atoms with E-state index in [1.807, 2.05) is 12.2 Å². The standard InChI is InChI=1S/C10H16O/c1-2-3-4-5-6-7-8-9-10-11/h4-5,7-8,10H,2-3,6,9H2,1H3/b5-4+,8-7+. The third-order valence-electron chi connectivity index (χ3n) is 1.29. The molecule has 0 aromatic carbocycles. The second-order valence-corrected chi connectivity index (χ2v) is 2.37. The van der Waals surface area contributed by atoms with E-state index in [2.05, 4.69) is 19.1 Å². The van der Waals surface area contributed by atoms with Gasteiger partial charge in [-0.25, -0.2) is 0 Å². The third-order valence-corrected chi connectivity index (χ3v) is 1.29. The van der Waals surface area contributed by atoms with E-state index >= 15 is 0 Å². The Morgan fingerprint density at radius 3 is 2.27 bits per heavy atom. The van der Waals surface area contributed by atoms with Crippen molar-refractivity contribution in [1.29, 1.82) is 0 Å². The van der Waals surface area contributed by atoms with Gasteiger partial charge >= 0.3 is 0 Å².